The van der Waals surface area contributed by atoms with Gasteiger partial charge in [0.1, 0.15) is 0 Å². The molecule has 0 aromatic carbocycles. The van der Waals surface area contributed by atoms with E-state index in [0.29, 0.717) is 0 Å². The van der Waals surface area contributed by atoms with Gasteiger partial charge in [-0.3, -0.25) is 0 Å². The van der Waals surface area contributed by atoms with Crippen LogP contribution in [0.1, 0.15) is 52.4 Å². The van der Waals surface area contributed by atoms with Crippen LogP contribution >= 0.6 is 0 Å². The van der Waals surface area contributed by atoms with Crippen molar-refractivity contribution < 1.29 is 0 Å². The second-order valence-electron chi connectivity index (χ2n) is 2.82. The predicted octanol–water partition coefficient (Wildman–Crippen LogP) is 2.86. The van der Waals surface area contributed by atoms with E-state index in [1.54, 1.807) is 0 Å². The standard InChI is InChI=1S/C9H20N/c1-3-5-6-7-8-9(10)4-2/h3-8,10H2,1-2H3. The molecule has 0 aromatic heterocycles. The molecule has 0 saturated heterocycles. The lowest BCUT2D eigenvalue weighted by molar-refractivity contribution is 0.617. The van der Waals surface area contributed by atoms with Gasteiger partial charge in [-0.2, -0.15) is 0 Å². The van der Waals surface area contributed by atoms with E-state index in [4.69, 9.17) is 5.73 Å². The van der Waals surface area contributed by atoms with E-state index in [1.165, 1.54) is 25.7 Å². The van der Waals surface area contributed by atoms with Gasteiger partial charge in [-0.1, -0.05) is 39.5 Å². The van der Waals surface area contributed by atoms with E-state index in [1.807, 2.05) is 0 Å². The van der Waals surface area contributed by atoms with Gasteiger partial charge in [-0.25, -0.2) is 0 Å². The Labute approximate surface area is 65.0 Å². The Bertz CT molecular complexity index is 61.7. The number of unbranched alkanes of at least 4 members (excludes halogenated alkanes) is 3. The summed E-state index contributed by atoms with van der Waals surface area (Å²) < 4.78 is 0. The molecule has 10 heavy (non-hydrogen) atoms. The van der Waals surface area contributed by atoms with E-state index in [0.717, 1.165) is 18.9 Å². The summed E-state index contributed by atoms with van der Waals surface area (Å²) in [6.45, 7) is 4.35. The molecule has 0 atom stereocenters. The Morgan fingerprint density at radius 2 is 1.80 bits per heavy atom. The lowest BCUT2D eigenvalue weighted by Gasteiger charge is -2.05. The van der Waals surface area contributed by atoms with E-state index in [2.05, 4.69) is 13.8 Å². The number of hydrogen-bond donors (Lipinski definition) is 1. The van der Waals surface area contributed by atoms with Crippen LogP contribution in [-0.4, -0.2) is 0 Å². The second kappa shape index (κ2) is 7.07. The van der Waals surface area contributed by atoms with E-state index >= 15 is 0 Å². The SMILES string of the molecule is CCCCCC[C](N)CC. The molecule has 1 nitrogen and oxygen atoms in total. The molecule has 1 heteroatoms. The van der Waals surface area contributed by atoms with E-state index < -0.39 is 0 Å². The Morgan fingerprint density at radius 3 is 2.30 bits per heavy atom. The first-order valence-electron chi connectivity index (χ1n) is 4.41. The molecular weight excluding hydrogens is 122 g/mol. The first kappa shape index (κ1) is 9.96. The van der Waals surface area contributed by atoms with Crippen LogP contribution in [0.15, 0.2) is 0 Å². The maximum Gasteiger partial charge on any atom is 0.0334 e. The van der Waals surface area contributed by atoms with Gasteiger partial charge in [0, 0.05) is 6.04 Å². The average molecular weight is 142 g/mol. The maximum atomic E-state index is 5.67. The van der Waals surface area contributed by atoms with E-state index in [-0.39, 0.29) is 0 Å². The Kier molecular flexibility index (Phi) is 7.04. The van der Waals surface area contributed by atoms with Crippen molar-refractivity contribution in [3.8, 4) is 0 Å². The van der Waals surface area contributed by atoms with Crippen molar-refractivity contribution in [2.75, 3.05) is 0 Å². The zero-order chi connectivity index (χ0) is 7.82. The molecular formula is C9H20N. The van der Waals surface area contributed by atoms with Gasteiger partial charge in [-0.05, 0) is 12.8 Å². The summed E-state index contributed by atoms with van der Waals surface area (Å²) in [6, 6.07) is 1.16. The molecule has 2 N–H and O–H groups in total. The quantitative estimate of drug-likeness (QED) is 0.567. The molecule has 0 aliphatic carbocycles. The molecule has 0 aliphatic heterocycles. The van der Waals surface area contributed by atoms with Crippen LogP contribution in [-0.2, 0) is 0 Å². The van der Waals surface area contributed by atoms with Gasteiger partial charge in [0.2, 0.25) is 0 Å². The lowest BCUT2D eigenvalue weighted by atomic mass is 10.1. The third-order valence-electron chi connectivity index (χ3n) is 1.81. The molecule has 0 amide bonds. The smallest absolute Gasteiger partial charge is 0.0334 e. The largest absolute Gasteiger partial charge is 0.324 e. The van der Waals surface area contributed by atoms with Crippen molar-refractivity contribution in [3.05, 3.63) is 6.04 Å². The highest BCUT2D eigenvalue weighted by Gasteiger charge is 1.97. The third-order valence-corrected chi connectivity index (χ3v) is 1.81. The van der Waals surface area contributed by atoms with Crippen LogP contribution in [0.4, 0.5) is 0 Å². The Morgan fingerprint density at radius 1 is 1.10 bits per heavy atom. The normalized spacial score (nSPS) is 10.8. The molecule has 0 rings (SSSR count). The van der Waals surface area contributed by atoms with Crippen LogP contribution in [0, 0.1) is 6.04 Å². The van der Waals surface area contributed by atoms with Crippen LogP contribution in [0.5, 0.6) is 0 Å². The van der Waals surface area contributed by atoms with Crippen molar-refractivity contribution in [2.24, 2.45) is 5.73 Å². The molecule has 0 spiro atoms. The van der Waals surface area contributed by atoms with Crippen LogP contribution in [0.3, 0.4) is 0 Å². The first-order valence-corrected chi connectivity index (χ1v) is 4.41. The first-order chi connectivity index (χ1) is 4.81. The summed E-state index contributed by atoms with van der Waals surface area (Å²) >= 11 is 0. The number of hydrogen-bond acceptors (Lipinski definition) is 1. The van der Waals surface area contributed by atoms with Crippen molar-refractivity contribution in [1.82, 2.24) is 0 Å². The molecule has 0 saturated carbocycles. The fourth-order valence-electron chi connectivity index (χ4n) is 0.956. The predicted molar refractivity (Wildman–Crippen MR) is 46.5 cm³/mol. The lowest BCUT2D eigenvalue weighted by Crippen LogP contribution is -2.07. The highest BCUT2D eigenvalue weighted by molar-refractivity contribution is 4.78. The van der Waals surface area contributed by atoms with Crippen molar-refractivity contribution in [3.63, 3.8) is 0 Å². The minimum absolute atomic E-state index is 1.05. The topological polar surface area (TPSA) is 26.0 Å². The molecule has 61 valence electrons. The Balaban J connectivity index is 2.89. The minimum atomic E-state index is 1.05. The molecule has 0 aromatic rings. The fraction of sp³-hybridized carbons (Fsp3) is 0.889. The molecule has 1 radical (unpaired) electrons. The van der Waals surface area contributed by atoms with Gasteiger partial charge < -0.3 is 5.73 Å². The summed E-state index contributed by atoms with van der Waals surface area (Å²) in [5.74, 6) is 0. The summed E-state index contributed by atoms with van der Waals surface area (Å²) in [5.41, 5.74) is 5.67. The summed E-state index contributed by atoms with van der Waals surface area (Å²) in [6.07, 6.45) is 7.48. The van der Waals surface area contributed by atoms with E-state index in [9.17, 15) is 0 Å². The minimum Gasteiger partial charge on any atom is -0.324 e. The second-order valence-corrected chi connectivity index (χ2v) is 2.82. The summed E-state index contributed by atoms with van der Waals surface area (Å²) in [5, 5.41) is 0. The van der Waals surface area contributed by atoms with Gasteiger partial charge in [-0.15, -0.1) is 0 Å². The highest BCUT2D eigenvalue weighted by atomic mass is 14.6. The zero-order valence-electron chi connectivity index (χ0n) is 7.32. The molecule has 0 aliphatic rings. The number of rotatable bonds is 6. The number of nitrogens with two attached hydrogens (primary N) is 1. The average Bonchev–Trinajstić information content (AvgIpc) is 1.98. The van der Waals surface area contributed by atoms with Crippen LogP contribution in [0.25, 0.3) is 0 Å². The van der Waals surface area contributed by atoms with Crippen molar-refractivity contribution >= 4 is 0 Å². The molecule has 0 unspecified atom stereocenters. The summed E-state index contributed by atoms with van der Waals surface area (Å²) in [7, 11) is 0. The Hall–Kier alpha value is -0.0400. The maximum absolute atomic E-state index is 5.67. The van der Waals surface area contributed by atoms with Gasteiger partial charge in [0.25, 0.3) is 0 Å². The van der Waals surface area contributed by atoms with Gasteiger partial charge in [0.15, 0.2) is 0 Å². The van der Waals surface area contributed by atoms with Crippen LogP contribution in [0.2, 0.25) is 0 Å². The third kappa shape index (κ3) is 6.09. The van der Waals surface area contributed by atoms with Crippen molar-refractivity contribution in [2.45, 2.75) is 52.4 Å². The fourth-order valence-corrected chi connectivity index (χ4v) is 0.956. The summed E-state index contributed by atoms with van der Waals surface area (Å²) in [4.78, 5) is 0. The van der Waals surface area contributed by atoms with Crippen LogP contribution < -0.4 is 5.73 Å². The molecule has 0 heterocycles. The monoisotopic (exact) mass is 142 g/mol. The highest BCUT2D eigenvalue weighted by Crippen LogP contribution is 2.10. The van der Waals surface area contributed by atoms with Gasteiger partial charge in [0.05, 0.1) is 0 Å². The van der Waals surface area contributed by atoms with Crippen molar-refractivity contribution in [1.29, 1.82) is 0 Å². The zero-order valence-corrected chi connectivity index (χ0v) is 7.32. The molecule has 0 fully saturated rings. The van der Waals surface area contributed by atoms with Gasteiger partial charge >= 0.3 is 0 Å². The molecule has 0 bridgehead atoms.